The third-order valence-electron chi connectivity index (χ3n) is 5.82. The van der Waals surface area contributed by atoms with Gasteiger partial charge in [0.15, 0.2) is 5.96 Å². The van der Waals surface area contributed by atoms with Gasteiger partial charge in [-0.2, -0.15) is 0 Å². The van der Waals surface area contributed by atoms with Gasteiger partial charge in [0.2, 0.25) is 5.91 Å². The lowest BCUT2D eigenvalue weighted by molar-refractivity contribution is -0.119. The Bertz CT molecular complexity index is 641. The standard InChI is InChI=1S/C21H35N5O3.HI/c1-2-22-20(24-16-19(27)23-15-18-7-6-12-29-18)25-17-21(8-4-3-5-9-21)26-10-13-28-14-11-26;/h6-7,12H,2-5,8-11,13-17H2,1H3,(H,23,27)(H2,22,24,25);1H. The van der Waals surface area contributed by atoms with E-state index < -0.39 is 0 Å². The summed E-state index contributed by atoms with van der Waals surface area (Å²) in [5.74, 6) is 1.30. The summed E-state index contributed by atoms with van der Waals surface area (Å²) in [7, 11) is 0. The number of furan rings is 1. The fourth-order valence-corrected chi connectivity index (χ4v) is 4.25. The van der Waals surface area contributed by atoms with E-state index in [1.807, 2.05) is 19.1 Å². The zero-order valence-corrected chi connectivity index (χ0v) is 20.3. The van der Waals surface area contributed by atoms with E-state index in [1.165, 1.54) is 32.1 Å². The van der Waals surface area contributed by atoms with Crippen LogP contribution >= 0.6 is 24.0 Å². The molecular formula is C21H36IN5O3. The Balaban J connectivity index is 0.00000320. The van der Waals surface area contributed by atoms with E-state index in [4.69, 9.17) is 9.15 Å². The predicted octanol–water partition coefficient (Wildman–Crippen LogP) is 2.10. The molecule has 1 saturated carbocycles. The molecule has 1 aromatic heterocycles. The predicted molar refractivity (Wildman–Crippen MR) is 128 cm³/mol. The van der Waals surface area contributed by atoms with Crippen LogP contribution in [0, 0.1) is 0 Å². The molecule has 2 aliphatic rings. The topological polar surface area (TPSA) is 91.1 Å². The van der Waals surface area contributed by atoms with Crippen molar-refractivity contribution in [1.82, 2.24) is 20.9 Å². The highest BCUT2D eigenvalue weighted by atomic mass is 127. The van der Waals surface area contributed by atoms with E-state index in [0.717, 1.165) is 45.2 Å². The van der Waals surface area contributed by atoms with Gasteiger partial charge in [-0.25, -0.2) is 4.99 Å². The molecule has 2 fully saturated rings. The van der Waals surface area contributed by atoms with Crippen LogP contribution in [-0.2, 0) is 16.1 Å². The first-order valence-electron chi connectivity index (χ1n) is 10.9. The number of carbonyl (C=O) groups excluding carboxylic acids is 1. The lowest BCUT2D eigenvalue weighted by Gasteiger charge is -2.48. The Labute approximate surface area is 196 Å². The molecule has 2 heterocycles. The van der Waals surface area contributed by atoms with Crippen molar-refractivity contribution in [3.63, 3.8) is 0 Å². The second kappa shape index (κ2) is 13.2. The molecule has 9 heteroatoms. The van der Waals surface area contributed by atoms with Crippen molar-refractivity contribution < 1.29 is 13.9 Å². The molecule has 30 heavy (non-hydrogen) atoms. The number of morpholine rings is 1. The molecule has 1 aliphatic carbocycles. The maximum absolute atomic E-state index is 12.1. The first-order chi connectivity index (χ1) is 14.2. The zero-order valence-electron chi connectivity index (χ0n) is 18.0. The largest absolute Gasteiger partial charge is 0.467 e. The molecule has 0 aromatic carbocycles. The van der Waals surface area contributed by atoms with Gasteiger partial charge in [0, 0.05) is 31.7 Å². The van der Waals surface area contributed by atoms with Crippen LogP contribution in [0.25, 0.3) is 0 Å². The second-order valence-electron chi connectivity index (χ2n) is 7.79. The Morgan fingerprint density at radius 1 is 1.17 bits per heavy atom. The van der Waals surface area contributed by atoms with E-state index in [2.05, 4.69) is 25.8 Å². The Kier molecular flexibility index (Phi) is 10.9. The lowest BCUT2D eigenvalue weighted by atomic mass is 9.80. The number of amides is 1. The number of nitrogens with zero attached hydrogens (tertiary/aromatic N) is 2. The number of carbonyl (C=O) groups is 1. The molecule has 1 aliphatic heterocycles. The van der Waals surface area contributed by atoms with Gasteiger partial charge in [0.1, 0.15) is 12.3 Å². The number of nitrogens with one attached hydrogen (secondary N) is 3. The third kappa shape index (κ3) is 7.42. The van der Waals surface area contributed by atoms with Crippen LogP contribution in [0.3, 0.4) is 0 Å². The second-order valence-corrected chi connectivity index (χ2v) is 7.79. The van der Waals surface area contributed by atoms with Crippen LogP contribution in [-0.4, -0.2) is 68.2 Å². The number of ether oxygens (including phenoxy) is 1. The van der Waals surface area contributed by atoms with Gasteiger partial charge < -0.3 is 25.1 Å². The molecule has 1 aromatic rings. The summed E-state index contributed by atoms with van der Waals surface area (Å²) in [6.07, 6.45) is 7.84. The Morgan fingerprint density at radius 2 is 1.93 bits per heavy atom. The average Bonchev–Trinajstić information content (AvgIpc) is 3.29. The van der Waals surface area contributed by atoms with Crippen LogP contribution in [0.1, 0.15) is 44.8 Å². The molecule has 1 saturated heterocycles. The number of halogens is 1. The summed E-state index contributed by atoms with van der Waals surface area (Å²) >= 11 is 0. The normalized spacial score (nSPS) is 19.6. The smallest absolute Gasteiger partial charge is 0.242 e. The van der Waals surface area contributed by atoms with E-state index in [1.54, 1.807) is 6.26 Å². The molecule has 1 amide bonds. The number of guanidine groups is 1. The summed E-state index contributed by atoms with van der Waals surface area (Å²) in [5.41, 5.74) is 0.153. The van der Waals surface area contributed by atoms with Gasteiger partial charge in [0.25, 0.3) is 0 Å². The summed E-state index contributed by atoms with van der Waals surface area (Å²) in [6.45, 7) is 7.70. The number of hydrogen-bond donors (Lipinski definition) is 3. The zero-order chi connectivity index (χ0) is 20.4. The number of hydrogen-bond acceptors (Lipinski definition) is 5. The first kappa shape index (κ1) is 24.9. The van der Waals surface area contributed by atoms with Crippen molar-refractivity contribution in [3.8, 4) is 0 Å². The molecule has 0 radical (unpaired) electrons. The minimum atomic E-state index is -0.126. The van der Waals surface area contributed by atoms with Gasteiger partial charge in [-0.3, -0.25) is 9.69 Å². The highest BCUT2D eigenvalue weighted by molar-refractivity contribution is 14.0. The summed E-state index contributed by atoms with van der Waals surface area (Å²) in [4.78, 5) is 19.2. The number of aliphatic imine (C=N–C) groups is 1. The highest BCUT2D eigenvalue weighted by Crippen LogP contribution is 2.33. The van der Waals surface area contributed by atoms with Gasteiger partial charge >= 0.3 is 0 Å². The van der Waals surface area contributed by atoms with Crippen molar-refractivity contribution >= 4 is 35.8 Å². The van der Waals surface area contributed by atoms with Crippen LogP contribution in [0.2, 0.25) is 0 Å². The summed E-state index contributed by atoms with van der Waals surface area (Å²) in [6, 6.07) is 3.65. The van der Waals surface area contributed by atoms with E-state index in [-0.39, 0.29) is 42.0 Å². The van der Waals surface area contributed by atoms with Crippen LogP contribution in [0.4, 0.5) is 0 Å². The van der Waals surface area contributed by atoms with Crippen LogP contribution in [0.5, 0.6) is 0 Å². The number of rotatable bonds is 8. The van der Waals surface area contributed by atoms with Crippen LogP contribution < -0.4 is 16.0 Å². The molecule has 3 rings (SSSR count). The molecular weight excluding hydrogens is 497 g/mol. The molecule has 0 unspecified atom stereocenters. The van der Waals surface area contributed by atoms with E-state index in [0.29, 0.717) is 12.5 Å². The van der Waals surface area contributed by atoms with Gasteiger partial charge in [-0.05, 0) is 31.9 Å². The van der Waals surface area contributed by atoms with Gasteiger partial charge in [-0.15, -0.1) is 24.0 Å². The van der Waals surface area contributed by atoms with Crippen molar-refractivity contribution in [1.29, 1.82) is 0 Å². The van der Waals surface area contributed by atoms with Crippen molar-refractivity contribution in [2.75, 3.05) is 45.9 Å². The molecule has 8 nitrogen and oxygen atoms in total. The van der Waals surface area contributed by atoms with Crippen molar-refractivity contribution in [2.45, 2.75) is 51.1 Å². The molecule has 0 spiro atoms. The highest BCUT2D eigenvalue weighted by Gasteiger charge is 2.38. The monoisotopic (exact) mass is 533 g/mol. The van der Waals surface area contributed by atoms with Crippen LogP contribution in [0.15, 0.2) is 27.8 Å². The lowest BCUT2D eigenvalue weighted by Crippen LogP contribution is -2.60. The first-order valence-corrected chi connectivity index (χ1v) is 10.9. The molecule has 170 valence electrons. The quantitative estimate of drug-likeness (QED) is 0.270. The molecule has 0 bridgehead atoms. The average molecular weight is 533 g/mol. The molecule has 3 N–H and O–H groups in total. The maximum atomic E-state index is 12.1. The molecule has 0 atom stereocenters. The summed E-state index contributed by atoms with van der Waals surface area (Å²) < 4.78 is 10.8. The van der Waals surface area contributed by atoms with E-state index >= 15 is 0 Å². The van der Waals surface area contributed by atoms with Crippen molar-refractivity contribution in [3.05, 3.63) is 24.2 Å². The summed E-state index contributed by atoms with van der Waals surface area (Å²) in [5, 5.41) is 9.61. The Hall–Kier alpha value is -1.33. The van der Waals surface area contributed by atoms with Gasteiger partial charge in [-0.1, -0.05) is 19.3 Å². The maximum Gasteiger partial charge on any atom is 0.242 e. The Morgan fingerprint density at radius 3 is 2.60 bits per heavy atom. The fraction of sp³-hybridized carbons (Fsp3) is 0.714. The SMILES string of the molecule is CCNC(=NCC(=O)NCc1ccco1)NCC1(N2CCOCC2)CCCCC1.I. The van der Waals surface area contributed by atoms with Crippen molar-refractivity contribution in [2.24, 2.45) is 4.99 Å². The third-order valence-corrected chi connectivity index (χ3v) is 5.82. The van der Waals surface area contributed by atoms with Gasteiger partial charge in [0.05, 0.1) is 26.0 Å². The van der Waals surface area contributed by atoms with E-state index in [9.17, 15) is 4.79 Å². The minimum Gasteiger partial charge on any atom is -0.467 e. The minimum absolute atomic E-state index is 0. The fourth-order valence-electron chi connectivity index (χ4n) is 4.25.